The molecule has 1 heterocycles. The van der Waals surface area contributed by atoms with Crippen LogP contribution in [0.15, 0.2) is 18.3 Å². The van der Waals surface area contributed by atoms with E-state index in [1.807, 2.05) is 0 Å². The molecule has 0 radical (unpaired) electrons. The Hall–Kier alpha value is -2.22. The minimum absolute atomic E-state index is 0.0604. The van der Waals surface area contributed by atoms with Crippen LogP contribution in [0.1, 0.15) is 19.3 Å². The molecular weight excluding hydrogens is 218 g/mol. The molecule has 1 rings (SSSR count). The van der Waals surface area contributed by atoms with Crippen LogP contribution in [-0.2, 0) is 0 Å². The maximum Gasteiger partial charge on any atom is 0.320 e. The fourth-order valence-electron chi connectivity index (χ4n) is 1.17. The van der Waals surface area contributed by atoms with Gasteiger partial charge in [-0.1, -0.05) is 0 Å². The summed E-state index contributed by atoms with van der Waals surface area (Å²) in [4.78, 5) is 15.2. The van der Waals surface area contributed by atoms with Gasteiger partial charge in [-0.3, -0.25) is 5.32 Å². The number of unbranched alkanes of at least 4 members (excludes halogenated alkanes) is 2. The fraction of sp³-hybridized carbons (Fsp3) is 0.333. The Morgan fingerprint density at radius 2 is 2.29 bits per heavy atom. The quantitative estimate of drug-likeness (QED) is 0.535. The van der Waals surface area contributed by atoms with Gasteiger partial charge in [-0.25, -0.2) is 9.78 Å². The summed E-state index contributed by atoms with van der Waals surface area (Å²) in [5.41, 5.74) is 0. The average Bonchev–Trinajstić information content (AvgIpc) is 2.32. The van der Waals surface area contributed by atoms with Crippen molar-refractivity contribution < 1.29 is 9.90 Å². The molecule has 0 aliphatic carbocycles. The molecule has 0 aromatic carbocycles. The fourth-order valence-corrected chi connectivity index (χ4v) is 1.17. The zero-order valence-electron chi connectivity index (χ0n) is 9.44. The van der Waals surface area contributed by atoms with Gasteiger partial charge in [-0.2, -0.15) is 0 Å². The van der Waals surface area contributed by atoms with Gasteiger partial charge in [-0.05, 0) is 25.0 Å². The van der Waals surface area contributed by atoms with Crippen LogP contribution >= 0.6 is 0 Å². The summed E-state index contributed by atoms with van der Waals surface area (Å²) in [7, 11) is 0. The third-order valence-electron chi connectivity index (χ3n) is 2.02. The molecule has 5 nitrogen and oxygen atoms in total. The highest BCUT2D eigenvalue weighted by Crippen LogP contribution is 2.09. The molecule has 2 amide bonds. The smallest absolute Gasteiger partial charge is 0.320 e. The molecule has 1 aromatic heterocycles. The summed E-state index contributed by atoms with van der Waals surface area (Å²) in [6.07, 6.45) is 8.84. The van der Waals surface area contributed by atoms with Crippen LogP contribution in [0.2, 0.25) is 0 Å². The largest absolute Gasteiger partial charge is 0.506 e. The van der Waals surface area contributed by atoms with Crippen molar-refractivity contribution in [1.82, 2.24) is 10.3 Å². The normalized spacial score (nSPS) is 9.35. The third kappa shape index (κ3) is 5.42. The number of anilines is 1. The minimum atomic E-state index is -0.316. The number of nitrogens with one attached hydrogen (secondary N) is 2. The summed E-state index contributed by atoms with van der Waals surface area (Å²) in [6, 6.07) is 2.66. The minimum Gasteiger partial charge on any atom is -0.506 e. The van der Waals surface area contributed by atoms with Crippen molar-refractivity contribution in [1.29, 1.82) is 0 Å². The van der Waals surface area contributed by atoms with Crippen LogP contribution in [0.25, 0.3) is 0 Å². The average molecular weight is 233 g/mol. The van der Waals surface area contributed by atoms with Gasteiger partial charge < -0.3 is 10.4 Å². The number of carbonyl (C=O) groups excluding carboxylic acids is 1. The van der Waals surface area contributed by atoms with Gasteiger partial charge in [0.05, 0.1) is 6.20 Å². The van der Waals surface area contributed by atoms with Crippen molar-refractivity contribution in [3.05, 3.63) is 18.3 Å². The zero-order valence-corrected chi connectivity index (χ0v) is 9.44. The van der Waals surface area contributed by atoms with E-state index in [0.29, 0.717) is 12.4 Å². The first kappa shape index (κ1) is 12.8. The van der Waals surface area contributed by atoms with Crippen LogP contribution in [0.3, 0.4) is 0 Å². The number of amides is 2. The van der Waals surface area contributed by atoms with Gasteiger partial charge in [-0.15, -0.1) is 12.3 Å². The molecule has 0 saturated carbocycles. The molecule has 17 heavy (non-hydrogen) atoms. The maximum absolute atomic E-state index is 11.4. The molecule has 5 heteroatoms. The first-order valence-corrected chi connectivity index (χ1v) is 5.35. The molecule has 0 saturated heterocycles. The monoisotopic (exact) mass is 233 g/mol. The van der Waals surface area contributed by atoms with Gasteiger partial charge in [0, 0.05) is 13.0 Å². The summed E-state index contributed by atoms with van der Waals surface area (Å²) >= 11 is 0. The van der Waals surface area contributed by atoms with E-state index < -0.39 is 0 Å². The van der Waals surface area contributed by atoms with E-state index in [1.54, 1.807) is 0 Å². The summed E-state index contributed by atoms with van der Waals surface area (Å²) in [5, 5.41) is 14.2. The van der Waals surface area contributed by atoms with Crippen LogP contribution in [0.4, 0.5) is 10.6 Å². The van der Waals surface area contributed by atoms with Gasteiger partial charge >= 0.3 is 6.03 Å². The number of urea groups is 1. The van der Waals surface area contributed by atoms with Crippen LogP contribution in [-0.4, -0.2) is 22.7 Å². The molecule has 1 aromatic rings. The predicted octanol–water partition coefficient (Wildman–Crippen LogP) is 1.71. The van der Waals surface area contributed by atoms with Crippen molar-refractivity contribution >= 4 is 11.8 Å². The predicted molar refractivity (Wildman–Crippen MR) is 65.6 cm³/mol. The second-order valence-corrected chi connectivity index (χ2v) is 3.44. The summed E-state index contributed by atoms with van der Waals surface area (Å²) in [6.45, 7) is 0.575. The Balaban J connectivity index is 2.21. The number of pyridine rings is 1. The molecule has 0 aliphatic heterocycles. The van der Waals surface area contributed by atoms with Gasteiger partial charge in [0.25, 0.3) is 0 Å². The maximum atomic E-state index is 11.4. The highest BCUT2D eigenvalue weighted by molar-refractivity contribution is 5.88. The lowest BCUT2D eigenvalue weighted by molar-refractivity contribution is 0.252. The zero-order chi connectivity index (χ0) is 12.5. The second-order valence-electron chi connectivity index (χ2n) is 3.44. The third-order valence-corrected chi connectivity index (χ3v) is 2.02. The molecular formula is C12H15N3O2. The number of carbonyl (C=O) groups is 1. The van der Waals surface area contributed by atoms with Crippen LogP contribution < -0.4 is 10.6 Å². The molecule has 3 N–H and O–H groups in total. The molecule has 0 atom stereocenters. The van der Waals surface area contributed by atoms with Crippen LogP contribution in [0, 0.1) is 12.3 Å². The first-order valence-electron chi connectivity index (χ1n) is 5.35. The van der Waals surface area contributed by atoms with E-state index in [1.165, 1.54) is 18.3 Å². The van der Waals surface area contributed by atoms with E-state index in [-0.39, 0.29) is 11.8 Å². The molecule has 0 unspecified atom stereocenters. The summed E-state index contributed by atoms with van der Waals surface area (Å²) < 4.78 is 0. The number of hydrogen-bond donors (Lipinski definition) is 3. The van der Waals surface area contributed by atoms with Gasteiger partial charge in [0.15, 0.2) is 0 Å². The van der Waals surface area contributed by atoms with Crippen molar-refractivity contribution in [2.45, 2.75) is 19.3 Å². The number of nitrogens with zero attached hydrogens (tertiary/aromatic N) is 1. The van der Waals surface area contributed by atoms with E-state index in [9.17, 15) is 4.79 Å². The van der Waals surface area contributed by atoms with E-state index >= 15 is 0 Å². The lowest BCUT2D eigenvalue weighted by atomic mass is 10.2. The van der Waals surface area contributed by atoms with E-state index in [4.69, 9.17) is 11.5 Å². The van der Waals surface area contributed by atoms with Crippen LogP contribution in [0.5, 0.6) is 5.75 Å². The molecule has 0 spiro atoms. The number of hydrogen-bond acceptors (Lipinski definition) is 3. The van der Waals surface area contributed by atoms with Crippen molar-refractivity contribution in [3.63, 3.8) is 0 Å². The van der Waals surface area contributed by atoms with Crippen molar-refractivity contribution in [2.75, 3.05) is 11.9 Å². The number of terminal acetylenes is 1. The SMILES string of the molecule is C#CCCCCNC(=O)Nc1ccc(O)cn1. The molecule has 0 aliphatic rings. The Morgan fingerprint density at radius 1 is 1.47 bits per heavy atom. The number of aromatic nitrogens is 1. The Kier molecular flexibility index (Phi) is 5.38. The van der Waals surface area contributed by atoms with E-state index in [0.717, 1.165) is 19.3 Å². The van der Waals surface area contributed by atoms with E-state index in [2.05, 4.69) is 21.5 Å². The molecule has 0 fully saturated rings. The lowest BCUT2D eigenvalue weighted by Gasteiger charge is -2.06. The standard InChI is InChI=1S/C12H15N3O2/c1-2-3-4-5-8-13-12(17)15-11-7-6-10(16)9-14-11/h1,6-7,9,16H,3-5,8H2,(H2,13,14,15,17). The van der Waals surface area contributed by atoms with Crippen molar-refractivity contribution in [3.8, 4) is 18.1 Å². The molecule has 0 bridgehead atoms. The molecule has 90 valence electrons. The Bertz CT molecular complexity index is 395. The van der Waals surface area contributed by atoms with Gasteiger partial charge in [0.1, 0.15) is 11.6 Å². The topological polar surface area (TPSA) is 74.2 Å². The van der Waals surface area contributed by atoms with Crippen molar-refractivity contribution in [2.24, 2.45) is 0 Å². The summed E-state index contributed by atoms with van der Waals surface area (Å²) in [5.74, 6) is 2.99. The lowest BCUT2D eigenvalue weighted by Crippen LogP contribution is -2.29. The number of aromatic hydroxyl groups is 1. The Morgan fingerprint density at radius 3 is 2.94 bits per heavy atom. The highest BCUT2D eigenvalue weighted by Gasteiger charge is 2.01. The number of rotatable bonds is 5. The second kappa shape index (κ2) is 7.12. The Labute approximate surface area is 100 Å². The highest BCUT2D eigenvalue weighted by atomic mass is 16.3. The van der Waals surface area contributed by atoms with Gasteiger partial charge in [0.2, 0.25) is 0 Å². The first-order chi connectivity index (χ1) is 8.22.